The van der Waals surface area contributed by atoms with Gasteiger partial charge in [-0.05, 0) is 72.2 Å². The monoisotopic (exact) mass is 597 g/mol. The molecule has 218 valence electrons. The number of ketones is 2. The Kier molecular flexibility index (Phi) is 6.43. The largest absolute Gasteiger partial charge is 0.390 e. The molecule has 5 aliphatic rings. The Labute approximate surface area is 236 Å². The Bertz CT molecular complexity index is 1410. The summed E-state index contributed by atoms with van der Waals surface area (Å²) >= 11 is 1.52. The molecule has 0 amide bonds. The molecule has 12 heteroatoms. The van der Waals surface area contributed by atoms with E-state index in [2.05, 4.69) is 0 Å². The predicted octanol–water partition coefficient (Wildman–Crippen LogP) is 3.32. The molecule has 9 atom stereocenters. The first-order valence-electron chi connectivity index (χ1n) is 13.4. The summed E-state index contributed by atoms with van der Waals surface area (Å²) in [6.45, 7) is 3.26. The van der Waals surface area contributed by atoms with Gasteiger partial charge in [-0.1, -0.05) is 13.0 Å². The van der Waals surface area contributed by atoms with Crippen LogP contribution in [0.15, 0.2) is 40.6 Å². The number of aliphatic hydroxyl groups excluding tert-OH is 1. The molecule has 3 saturated carbocycles. The Morgan fingerprint density at radius 3 is 2.73 bits per heavy atom. The first-order valence-corrected chi connectivity index (χ1v) is 16.2. The molecule has 1 aliphatic heterocycles. The number of halogens is 2. The van der Waals surface area contributed by atoms with Crippen LogP contribution in [0.2, 0.25) is 0 Å². The van der Waals surface area contributed by atoms with E-state index in [1.165, 1.54) is 30.4 Å². The zero-order chi connectivity index (χ0) is 28.9. The number of rotatable bonds is 6. The van der Waals surface area contributed by atoms with Gasteiger partial charge in [-0.15, -0.1) is 0 Å². The summed E-state index contributed by atoms with van der Waals surface area (Å²) in [7, 11) is -3.95. The molecular weight excluding hydrogens is 564 g/mol. The smallest absolute Gasteiger partial charge is 0.264 e. The fraction of sp³-hybridized carbons (Fsp3) is 0.643. The summed E-state index contributed by atoms with van der Waals surface area (Å²) in [5.41, 5.74) is -5.56. The topological polar surface area (TPSA) is 110 Å². The lowest BCUT2D eigenvalue weighted by atomic mass is 9.44. The highest BCUT2D eigenvalue weighted by Crippen LogP contribution is 2.72. The Morgan fingerprint density at radius 1 is 1.30 bits per heavy atom. The normalized spacial score (nSPS) is 44.5. The molecule has 0 aromatic carbocycles. The fourth-order valence-corrected chi connectivity index (χ4v) is 9.75. The van der Waals surface area contributed by atoms with E-state index in [0.29, 0.717) is 19.5 Å². The number of hydrogen-bond donors (Lipinski definition) is 1. The van der Waals surface area contributed by atoms with Crippen LogP contribution in [0, 0.1) is 28.6 Å². The SMILES string of the molecule is CC12C=CC(=O)C=C1C(F)CC1C3CC4CN(Cc5ccsc5)OC4(C(=O)COS(C)(=O)=O)C3(C)CC(O)C12F. The summed E-state index contributed by atoms with van der Waals surface area (Å²) in [6, 6.07) is 1.94. The molecule has 1 aromatic heterocycles. The van der Waals surface area contributed by atoms with E-state index in [1.807, 2.05) is 16.8 Å². The van der Waals surface area contributed by atoms with E-state index in [1.54, 1.807) is 12.0 Å². The van der Waals surface area contributed by atoms with Gasteiger partial charge < -0.3 is 5.11 Å². The van der Waals surface area contributed by atoms with Gasteiger partial charge in [0, 0.05) is 35.8 Å². The Balaban J connectivity index is 1.42. The van der Waals surface area contributed by atoms with Crippen molar-refractivity contribution in [2.24, 2.45) is 28.6 Å². The van der Waals surface area contributed by atoms with Crippen LogP contribution in [0.4, 0.5) is 8.78 Å². The van der Waals surface area contributed by atoms with Crippen molar-refractivity contribution in [2.75, 3.05) is 19.4 Å². The second-order valence-corrected chi connectivity index (χ2v) is 14.9. The van der Waals surface area contributed by atoms with E-state index >= 15 is 8.78 Å². The number of carbonyl (C=O) groups is 2. The number of hydrogen-bond acceptors (Lipinski definition) is 9. The Hall–Kier alpha value is -1.83. The van der Waals surface area contributed by atoms with Gasteiger partial charge in [0.05, 0.1) is 12.4 Å². The second-order valence-electron chi connectivity index (χ2n) is 12.5. The van der Waals surface area contributed by atoms with Gasteiger partial charge in [0.1, 0.15) is 12.8 Å². The zero-order valence-electron chi connectivity index (χ0n) is 22.5. The summed E-state index contributed by atoms with van der Waals surface area (Å²) in [4.78, 5) is 32.6. The Morgan fingerprint density at radius 2 is 2.05 bits per heavy atom. The van der Waals surface area contributed by atoms with Crippen LogP contribution in [0.3, 0.4) is 0 Å². The van der Waals surface area contributed by atoms with Crippen molar-refractivity contribution >= 4 is 33.0 Å². The highest BCUT2D eigenvalue weighted by Gasteiger charge is 2.79. The molecule has 8 nitrogen and oxygen atoms in total. The number of hydroxylamine groups is 2. The van der Waals surface area contributed by atoms with E-state index in [0.717, 1.165) is 17.9 Å². The van der Waals surface area contributed by atoms with E-state index in [-0.39, 0.29) is 18.4 Å². The van der Waals surface area contributed by atoms with Gasteiger partial charge in [0.2, 0.25) is 0 Å². The first kappa shape index (κ1) is 28.3. The van der Waals surface area contributed by atoms with Crippen molar-refractivity contribution in [1.29, 1.82) is 0 Å². The van der Waals surface area contributed by atoms with Crippen LogP contribution < -0.4 is 0 Å². The summed E-state index contributed by atoms with van der Waals surface area (Å²) in [5, 5.41) is 17.2. The summed E-state index contributed by atoms with van der Waals surface area (Å²) < 4.78 is 61.8. The number of alkyl halides is 2. The molecule has 9 unspecified atom stereocenters. The van der Waals surface area contributed by atoms with Crippen molar-refractivity contribution in [3.05, 3.63) is 46.2 Å². The number of allylic oxidation sites excluding steroid dienone is 4. The highest BCUT2D eigenvalue weighted by molar-refractivity contribution is 7.86. The van der Waals surface area contributed by atoms with E-state index in [4.69, 9.17) is 9.02 Å². The minimum Gasteiger partial charge on any atom is -0.390 e. The molecular formula is C28H33F2NO7S2. The number of aliphatic hydroxyl groups is 1. The molecule has 0 radical (unpaired) electrons. The quantitative estimate of drug-likeness (QED) is 0.498. The van der Waals surface area contributed by atoms with Crippen molar-refractivity contribution in [3.63, 3.8) is 0 Å². The summed E-state index contributed by atoms with van der Waals surface area (Å²) in [6.07, 6.45) is 1.32. The summed E-state index contributed by atoms with van der Waals surface area (Å²) in [5.74, 6) is -3.01. The van der Waals surface area contributed by atoms with Crippen molar-refractivity contribution in [2.45, 2.75) is 63.2 Å². The standard InChI is InChI=1S/C28H33F2NO7S2/c1-25-6-4-18(32)9-21(25)22(29)10-20-19-8-17-13-31(12-16-5-7-39-15-16)38-28(17,24(34)14-37-40(3,35)36)26(19,2)11-23(33)27(20,25)30/h4-7,9,15,17,19-20,22-23,33H,8,10-14H2,1-3H3. The third kappa shape index (κ3) is 3.75. The molecule has 1 aromatic rings. The van der Waals surface area contributed by atoms with E-state index < -0.39 is 80.4 Å². The average Bonchev–Trinajstić information content (AvgIpc) is 3.56. The lowest BCUT2D eigenvalue weighted by Crippen LogP contribution is -2.70. The lowest BCUT2D eigenvalue weighted by Gasteiger charge is -2.63. The third-order valence-electron chi connectivity index (χ3n) is 10.4. The van der Waals surface area contributed by atoms with Crippen LogP contribution in [0.5, 0.6) is 0 Å². The molecule has 1 saturated heterocycles. The maximum Gasteiger partial charge on any atom is 0.264 e. The molecule has 4 aliphatic carbocycles. The van der Waals surface area contributed by atoms with Crippen molar-refractivity contribution < 1.29 is 40.9 Å². The van der Waals surface area contributed by atoms with Crippen LogP contribution in [-0.4, -0.2) is 73.1 Å². The van der Waals surface area contributed by atoms with Crippen LogP contribution in [0.25, 0.3) is 0 Å². The van der Waals surface area contributed by atoms with Crippen molar-refractivity contribution in [1.82, 2.24) is 5.06 Å². The molecule has 4 fully saturated rings. The molecule has 6 rings (SSSR count). The minimum absolute atomic E-state index is 0.0325. The minimum atomic E-state index is -3.95. The maximum atomic E-state index is 17.5. The average molecular weight is 598 g/mol. The second kappa shape index (κ2) is 9.08. The maximum absolute atomic E-state index is 17.5. The van der Waals surface area contributed by atoms with Crippen LogP contribution >= 0.6 is 11.3 Å². The highest BCUT2D eigenvalue weighted by atomic mass is 32.2. The third-order valence-corrected chi connectivity index (χ3v) is 11.7. The van der Waals surface area contributed by atoms with Gasteiger partial charge >= 0.3 is 0 Å². The lowest BCUT2D eigenvalue weighted by molar-refractivity contribution is -0.269. The number of Topliss-reactive ketones (excluding diaryl/α,β-unsaturated/α-hetero) is 1. The zero-order valence-corrected chi connectivity index (χ0v) is 24.1. The predicted molar refractivity (Wildman–Crippen MR) is 142 cm³/mol. The van der Waals surface area contributed by atoms with Gasteiger partial charge in [-0.2, -0.15) is 24.8 Å². The molecule has 0 spiro atoms. The van der Waals surface area contributed by atoms with Crippen LogP contribution in [-0.2, 0) is 35.3 Å². The van der Waals surface area contributed by atoms with Gasteiger partial charge in [0.15, 0.2) is 22.8 Å². The van der Waals surface area contributed by atoms with Gasteiger partial charge in [0.25, 0.3) is 10.1 Å². The number of carbonyl (C=O) groups excluding carboxylic acids is 2. The molecule has 1 N–H and O–H groups in total. The number of thiophene rings is 1. The number of nitrogens with zero attached hydrogens (tertiary/aromatic N) is 1. The van der Waals surface area contributed by atoms with Crippen molar-refractivity contribution in [3.8, 4) is 0 Å². The van der Waals surface area contributed by atoms with Gasteiger partial charge in [-0.25, -0.2) is 8.78 Å². The first-order chi connectivity index (χ1) is 18.7. The molecule has 2 heterocycles. The van der Waals surface area contributed by atoms with E-state index in [9.17, 15) is 23.1 Å². The van der Waals surface area contributed by atoms with Gasteiger partial charge in [-0.3, -0.25) is 18.6 Å². The number of fused-ring (bicyclic) bond motifs is 7. The fourth-order valence-electron chi connectivity index (χ4n) is 8.77. The van der Waals surface area contributed by atoms with Crippen LogP contribution in [0.1, 0.15) is 38.7 Å². The molecule has 40 heavy (non-hydrogen) atoms. The molecule has 0 bridgehead atoms.